The first-order valence-corrected chi connectivity index (χ1v) is 5.83. The number of hydrogen-bond donors (Lipinski definition) is 2. The maximum absolute atomic E-state index is 11.8. The minimum atomic E-state index is -0.256. The van der Waals surface area contributed by atoms with Crippen molar-refractivity contribution in [2.45, 2.75) is 0 Å². The minimum Gasteiger partial charge on any atom is -0.341 e. The van der Waals surface area contributed by atoms with Gasteiger partial charge >= 0.3 is 5.69 Å². The Morgan fingerprint density at radius 3 is 2.79 bits per heavy atom. The zero-order chi connectivity index (χ0) is 12.8. The van der Waals surface area contributed by atoms with Crippen LogP contribution >= 0.6 is 0 Å². The topological polar surface area (TPSA) is 78.8 Å². The second-order valence-corrected chi connectivity index (χ2v) is 4.29. The van der Waals surface area contributed by atoms with Crippen LogP contribution in [-0.4, -0.2) is 24.6 Å². The van der Waals surface area contributed by atoms with Gasteiger partial charge in [0.25, 0.3) is 0 Å². The molecule has 6 heteroatoms. The molecule has 1 aromatic carbocycles. The standard InChI is InChI=1S/C13H9N5O/c19-13-16-11-9(12-17-14-7-18(12)13)6-10(15-11)8-4-2-1-3-5-8/h1-7,15H,(H,16,19). The number of fused-ring (bicyclic) bond motifs is 3. The summed E-state index contributed by atoms with van der Waals surface area (Å²) in [7, 11) is 0. The van der Waals surface area contributed by atoms with Crippen molar-refractivity contribution in [1.82, 2.24) is 24.6 Å². The van der Waals surface area contributed by atoms with Gasteiger partial charge in [0.15, 0.2) is 5.65 Å². The second kappa shape index (κ2) is 3.55. The number of aromatic nitrogens is 5. The molecular weight excluding hydrogens is 242 g/mol. The lowest BCUT2D eigenvalue weighted by atomic mass is 10.1. The van der Waals surface area contributed by atoms with E-state index in [4.69, 9.17) is 0 Å². The van der Waals surface area contributed by atoms with Crippen molar-refractivity contribution < 1.29 is 0 Å². The van der Waals surface area contributed by atoms with Gasteiger partial charge in [-0.1, -0.05) is 30.3 Å². The molecule has 0 aliphatic rings. The molecular formula is C13H9N5O. The number of aromatic amines is 2. The fourth-order valence-corrected chi connectivity index (χ4v) is 2.24. The molecule has 4 aromatic rings. The molecule has 0 aliphatic carbocycles. The number of rotatable bonds is 1. The Balaban J connectivity index is 2.09. The van der Waals surface area contributed by atoms with E-state index in [2.05, 4.69) is 20.2 Å². The molecule has 0 aliphatic heterocycles. The monoisotopic (exact) mass is 251 g/mol. The van der Waals surface area contributed by atoms with Crippen LogP contribution < -0.4 is 5.69 Å². The predicted molar refractivity (Wildman–Crippen MR) is 70.9 cm³/mol. The molecule has 0 saturated carbocycles. The third-order valence-electron chi connectivity index (χ3n) is 3.14. The molecule has 0 fully saturated rings. The van der Waals surface area contributed by atoms with E-state index in [1.165, 1.54) is 10.7 Å². The normalized spacial score (nSPS) is 11.4. The zero-order valence-electron chi connectivity index (χ0n) is 9.79. The summed E-state index contributed by atoms with van der Waals surface area (Å²) in [5.74, 6) is 0. The lowest BCUT2D eigenvalue weighted by Crippen LogP contribution is -2.15. The molecule has 0 amide bonds. The molecule has 0 saturated heterocycles. The van der Waals surface area contributed by atoms with Gasteiger partial charge in [-0.15, -0.1) is 10.2 Å². The lowest BCUT2D eigenvalue weighted by molar-refractivity contribution is 1.01. The Morgan fingerprint density at radius 2 is 1.95 bits per heavy atom. The molecule has 0 spiro atoms. The van der Waals surface area contributed by atoms with E-state index in [1.807, 2.05) is 36.4 Å². The molecule has 3 heterocycles. The van der Waals surface area contributed by atoms with Gasteiger partial charge in [-0.25, -0.2) is 9.20 Å². The smallest absolute Gasteiger partial charge is 0.334 e. The highest BCUT2D eigenvalue weighted by molar-refractivity contribution is 5.93. The fourth-order valence-electron chi connectivity index (χ4n) is 2.24. The first-order valence-electron chi connectivity index (χ1n) is 5.83. The zero-order valence-corrected chi connectivity index (χ0v) is 9.79. The fraction of sp³-hybridized carbons (Fsp3) is 0. The molecule has 0 atom stereocenters. The van der Waals surface area contributed by atoms with Gasteiger partial charge in [0.2, 0.25) is 0 Å². The van der Waals surface area contributed by atoms with Gasteiger partial charge in [-0.3, -0.25) is 4.98 Å². The maximum Gasteiger partial charge on any atom is 0.334 e. The van der Waals surface area contributed by atoms with Crippen LogP contribution in [0, 0.1) is 0 Å². The molecule has 0 bridgehead atoms. The van der Waals surface area contributed by atoms with Crippen LogP contribution in [-0.2, 0) is 0 Å². The van der Waals surface area contributed by atoms with E-state index < -0.39 is 0 Å². The Hall–Kier alpha value is -2.89. The summed E-state index contributed by atoms with van der Waals surface area (Å²) in [6.07, 6.45) is 1.41. The van der Waals surface area contributed by atoms with Crippen LogP contribution in [0.25, 0.3) is 27.9 Å². The van der Waals surface area contributed by atoms with Crippen molar-refractivity contribution in [2.75, 3.05) is 0 Å². The van der Waals surface area contributed by atoms with Gasteiger partial charge in [0, 0.05) is 5.69 Å². The second-order valence-electron chi connectivity index (χ2n) is 4.29. The van der Waals surface area contributed by atoms with Crippen molar-refractivity contribution in [3.05, 3.63) is 53.2 Å². The van der Waals surface area contributed by atoms with Crippen LogP contribution in [0.4, 0.5) is 0 Å². The van der Waals surface area contributed by atoms with Crippen LogP contribution in [0.2, 0.25) is 0 Å². The predicted octanol–water partition coefficient (Wildman–Crippen LogP) is 1.57. The number of hydrogen-bond acceptors (Lipinski definition) is 3. The third kappa shape index (κ3) is 1.40. The van der Waals surface area contributed by atoms with E-state index in [0.29, 0.717) is 11.3 Å². The highest BCUT2D eigenvalue weighted by Gasteiger charge is 2.10. The van der Waals surface area contributed by atoms with Gasteiger partial charge < -0.3 is 4.98 Å². The maximum atomic E-state index is 11.8. The Bertz CT molecular complexity index is 932. The van der Waals surface area contributed by atoms with E-state index in [1.54, 1.807) is 0 Å². The molecule has 92 valence electrons. The first kappa shape index (κ1) is 10.1. The van der Waals surface area contributed by atoms with Crippen molar-refractivity contribution >= 4 is 16.7 Å². The lowest BCUT2D eigenvalue weighted by Gasteiger charge is -1.94. The quantitative estimate of drug-likeness (QED) is 0.539. The average molecular weight is 251 g/mol. The average Bonchev–Trinajstić information content (AvgIpc) is 3.05. The van der Waals surface area contributed by atoms with Crippen molar-refractivity contribution in [2.24, 2.45) is 0 Å². The summed E-state index contributed by atoms with van der Waals surface area (Å²) >= 11 is 0. The highest BCUT2D eigenvalue weighted by atomic mass is 16.1. The Kier molecular flexibility index (Phi) is 1.88. The van der Waals surface area contributed by atoms with E-state index in [-0.39, 0.29) is 5.69 Å². The van der Waals surface area contributed by atoms with Gasteiger partial charge in [0.1, 0.15) is 12.0 Å². The van der Waals surface area contributed by atoms with Gasteiger partial charge in [0.05, 0.1) is 5.39 Å². The SMILES string of the molecule is O=c1[nH]c2[nH]c(-c3ccccc3)cc2c2nncn12. The molecule has 6 nitrogen and oxygen atoms in total. The molecule has 0 radical (unpaired) electrons. The summed E-state index contributed by atoms with van der Waals surface area (Å²) in [6, 6.07) is 11.9. The highest BCUT2D eigenvalue weighted by Crippen LogP contribution is 2.23. The third-order valence-corrected chi connectivity index (χ3v) is 3.14. The number of nitrogens with one attached hydrogen (secondary N) is 2. The van der Waals surface area contributed by atoms with Crippen molar-refractivity contribution in [3.8, 4) is 11.3 Å². The summed E-state index contributed by atoms with van der Waals surface area (Å²) in [4.78, 5) is 17.8. The Morgan fingerprint density at radius 1 is 1.11 bits per heavy atom. The number of nitrogens with zero attached hydrogens (tertiary/aromatic N) is 3. The summed E-state index contributed by atoms with van der Waals surface area (Å²) < 4.78 is 1.39. The summed E-state index contributed by atoms with van der Waals surface area (Å²) in [5, 5.41) is 8.60. The number of benzene rings is 1. The van der Waals surface area contributed by atoms with Crippen LogP contribution in [0.1, 0.15) is 0 Å². The largest absolute Gasteiger partial charge is 0.341 e. The molecule has 19 heavy (non-hydrogen) atoms. The molecule has 4 rings (SSSR count). The van der Waals surface area contributed by atoms with E-state index >= 15 is 0 Å². The summed E-state index contributed by atoms with van der Waals surface area (Å²) in [6.45, 7) is 0. The Labute approximate surface area is 106 Å². The van der Waals surface area contributed by atoms with Gasteiger partial charge in [-0.05, 0) is 11.6 Å². The van der Waals surface area contributed by atoms with Crippen molar-refractivity contribution in [3.63, 3.8) is 0 Å². The van der Waals surface area contributed by atoms with E-state index in [9.17, 15) is 4.79 Å². The van der Waals surface area contributed by atoms with Crippen LogP contribution in [0.3, 0.4) is 0 Å². The van der Waals surface area contributed by atoms with Crippen molar-refractivity contribution in [1.29, 1.82) is 0 Å². The molecule has 0 unspecified atom stereocenters. The summed E-state index contributed by atoms with van der Waals surface area (Å²) in [5.41, 5.74) is 2.94. The molecule has 3 aromatic heterocycles. The van der Waals surface area contributed by atoms with Gasteiger partial charge in [-0.2, -0.15) is 0 Å². The van der Waals surface area contributed by atoms with Crippen LogP contribution in [0.5, 0.6) is 0 Å². The minimum absolute atomic E-state index is 0.256. The molecule has 2 N–H and O–H groups in total. The number of H-pyrrole nitrogens is 2. The first-order chi connectivity index (χ1) is 9.33. The van der Waals surface area contributed by atoms with E-state index in [0.717, 1.165) is 16.6 Å². The van der Waals surface area contributed by atoms with Crippen LogP contribution in [0.15, 0.2) is 47.5 Å².